The van der Waals surface area contributed by atoms with Gasteiger partial charge >= 0.3 is 0 Å². The second kappa shape index (κ2) is 9.67. The summed E-state index contributed by atoms with van der Waals surface area (Å²) in [7, 11) is -2.65. The average Bonchev–Trinajstić information content (AvgIpc) is 2.76. The monoisotopic (exact) mass is 446 g/mol. The van der Waals surface area contributed by atoms with E-state index in [1.54, 1.807) is 30.3 Å². The first-order chi connectivity index (χ1) is 14.8. The lowest BCUT2D eigenvalue weighted by Crippen LogP contribution is -2.37. The van der Waals surface area contributed by atoms with E-state index in [1.165, 1.54) is 31.4 Å². The number of hydrogen-bond donors (Lipinski definition) is 1. The fraction of sp³-hybridized carbons (Fsp3) is 0.136. The van der Waals surface area contributed by atoms with Crippen LogP contribution >= 0.6 is 0 Å². The zero-order valence-electron chi connectivity index (χ0n) is 16.6. The van der Waals surface area contributed by atoms with E-state index in [9.17, 15) is 22.0 Å². The molecule has 0 unspecified atom stereocenters. The van der Waals surface area contributed by atoms with Crippen LogP contribution in [0.25, 0.3) is 0 Å². The Morgan fingerprint density at radius 1 is 0.935 bits per heavy atom. The van der Waals surface area contributed by atoms with E-state index in [2.05, 4.69) is 5.32 Å². The van der Waals surface area contributed by atoms with Gasteiger partial charge < -0.3 is 10.1 Å². The fourth-order valence-corrected chi connectivity index (χ4v) is 4.25. The second-order valence-corrected chi connectivity index (χ2v) is 8.52. The van der Waals surface area contributed by atoms with Crippen LogP contribution in [0.3, 0.4) is 0 Å². The second-order valence-electron chi connectivity index (χ2n) is 6.58. The van der Waals surface area contributed by atoms with Crippen molar-refractivity contribution in [2.24, 2.45) is 0 Å². The molecule has 0 fully saturated rings. The number of anilines is 1. The first kappa shape index (κ1) is 22.4. The van der Waals surface area contributed by atoms with Crippen LogP contribution in [0.4, 0.5) is 14.5 Å². The lowest BCUT2D eigenvalue weighted by atomic mass is 10.2. The molecule has 0 saturated heterocycles. The molecule has 0 saturated carbocycles. The van der Waals surface area contributed by atoms with Gasteiger partial charge in [-0.05, 0) is 42.0 Å². The average molecular weight is 446 g/mol. The van der Waals surface area contributed by atoms with E-state index in [0.717, 1.165) is 22.5 Å². The molecule has 0 aliphatic heterocycles. The molecule has 1 amide bonds. The molecule has 0 spiro atoms. The van der Waals surface area contributed by atoms with Gasteiger partial charge in [0.15, 0.2) is 0 Å². The Bertz CT molecular complexity index is 1130. The zero-order chi connectivity index (χ0) is 22.4. The molecular weight excluding hydrogens is 426 g/mol. The standard InChI is InChI=1S/C22H20F2N2O4S/c1-30-17-10-12-18(13-11-17)31(28,29)26(14-16-6-3-2-4-7-16)15-21(27)25-22-19(23)8-5-9-20(22)24/h2-13H,14-15H2,1H3,(H,25,27). The van der Waals surface area contributed by atoms with Crippen molar-refractivity contribution in [3.8, 4) is 5.75 Å². The Kier molecular flexibility index (Phi) is 6.98. The molecule has 0 heterocycles. The summed E-state index contributed by atoms with van der Waals surface area (Å²) in [5.74, 6) is -2.32. The largest absolute Gasteiger partial charge is 0.497 e. The molecule has 0 radical (unpaired) electrons. The molecule has 9 heteroatoms. The summed E-state index contributed by atoms with van der Waals surface area (Å²) in [5.41, 5.74) is 0.0125. The number of para-hydroxylation sites is 1. The highest BCUT2D eigenvalue weighted by Crippen LogP contribution is 2.22. The van der Waals surface area contributed by atoms with Crippen LogP contribution < -0.4 is 10.1 Å². The van der Waals surface area contributed by atoms with Crippen LogP contribution in [0, 0.1) is 11.6 Å². The first-order valence-corrected chi connectivity index (χ1v) is 10.7. The quantitative estimate of drug-likeness (QED) is 0.571. The van der Waals surface area contributed by atoms with E-state index in [0.29, 0.717) is 11.3 Å². The Balaban J connectivity index is 1.89. The summed E-state index contributed by atoms with van der Waals surface area (Å²) in [5, 5.41) is 2.12. The third-order valence-corrected chi connectivity index (χ3v) is 6.25. The summed E-state index contributed by atoms with van der Waals surface area (Å²) in [4.78, 5) is 12.5. The summed E-state index contributed by atoms with van der Waals surface area (Å²) >= 11 is 0. The molecule has 3 rings (SSSR count). The molecule has 0 atom stereocenters. The molecular formula is C22H20F2N2O4S. The summed E-state index contributed by atoms with van der Waals surface area (Å²) in [6.45, 7) is -0.751. The van der Waals surface area contributed by atoms with E-state index >= 15 is 0 Å². The van der Waals surface area contributed by atoms with Crippen molar-refractivity contribution in [3.05, 3.63) is 90.0 Å². The topological polar surface area (TPSA) is 75.7 Å². The molecule has 0 bridgehead atoms. The Labute approximate surface area is 179 Å². The number of carbonyl (C=O) groups excluding carboxylic acids is 1. The number of nitrogens with zero attached hydrogens (tertiary/aromatic N) is 1. The normalized spacial score (nSPS) is 11.4. The summed E-state index contributed by atoms with van der Waals surface area (Å²) in [6, 6.07) is 17.5. The number of methoxy groups -OCH3 is 1. The van der Waals surface area contributed by atoms with Crippen molar-refractivity contribution < 1.29 is 26.7 Å². The SMILES string of the molecule is COc1ccc(S(=O)(=O)N(CC(=O)Nc2c(F)cccc2F)Cc2ccccc2)cc1. The molecule has 0 aromatic heterocycles. The molecule has 0 aliphatic carbocycles. The van der Waals surface area contributed by atoms with Gasteiger partial charge in [-0.1, -0.05) is 36.4 Å². The van der Waals surface area contributed by atoms with Gasteiger partial charge in [-0.15, -0.1) is 0 Å². The number of carbonyl (C=O) groups is 1. The minimum Gasteiger partial charge on any atom is -0.497 e. The highest BCUT2D eigenvalue weighted by molar-refractivity contribution is 7.89. The van der Waals surface area contributed by atoms with Gasteiger partial charge in [0.2, 0.25) is 15.9 Å². The maximum atomic E-state index is 13.9. The van der Waals surface area contributed by atoms with Crippen molar-refractivity contribution in [2.45, 2.75) is 11.4 Å². The first-order valence-electron chi connectivity index (χ1n) is 9.23. The number of benzene rings is 3. The van der Waals surface area contributed by atoms with Crippen molar-refractivity contribution >= 4 is 21.6 Å². The minimum absolute atomic E-state index is 0.0471. The summed E-state index contributed by atoms with van der Waals surface area (Å²) in [6.07, 6.45) is 0. The fourth-order valence-electron chi connectivity index (χ4n) is 2.87. The minimum atomic E-state index is -4.10. The van der Waals surface area contributed by atoms with Gasteiger partial charge in [-0.25, -0.2) is 17.2 Å². The van der Waals surface area contributed by atoms with Gasteiger partial charge in [0.05, 0.1) is 18.6 Å². The Morgan fingerprint density at radius 2 is 1.55 bits per heavy atom. The number of halogens is 2. The predicted molar refractivity (Wildman–Crippen MR) is 112 cm³/mol. The van der Waals surface area contributed by atoms with Gasteiger partial charge in [0.25, 0.3) is 0 Å². The smallest absolute Gasteiger partial charge is 0.243 e. The number of sulfonamides is 1. The van der Waals surface area contributed by atoms with Crippen molar-refractivity contribution in [1.82, 2.24) is 4.31 Å². The lowest BCUT2D eigenvalue weighted by molar-refractivity contribution is -0.116. The summed E-state index contributed by atoms with van der Waals surface area (Å²) < 4.78 is 60.2. The Morgan fingerprint density at radius 3 is 2.13 bits per heavy atom. The van der Waals surface area contributed by atoms with Crippen LogP contribution in [0.2, 0.25) is 0 Å². The highest BCUT2D eigenvalue weighted by Gasteiger charge is 2.27. The third-order valence-electron chi connectivity index (χ3n) is 4.45. The van der Waals surface area contributed by atoms with Crippen LogP contribution in [0.15, 0.2) is 77.7 Å². The van der Waals surface area contributed by atoms with E-state index < -0.39 is 39.8 Å². The van der Waals surface area contributed by atoms with Crippen LogP contribution in [0.5, 0.6) is 5.75 Å². The molecule has 1 N–H and O–H groups in total. The number of nitrogens with one attached hydrogen (secondary N) is 1. The number of amides is 1. The molecule has 3 aromatic carbocycles. The van der Waals surface area contributed by atoms with Gasteiger partial charge in [0, 0.05) is 6.54 Å². The van der Waals surface area contributed by atoms with Gasteiger partial charge in [-0.3, -0.25) is 4.79 Å². The lowest BCUT2D eigenvalue weighted by Gasteiger charge is -2.22. The van der Waals surface area contributed by atoms with E-state index in [-0.39, 0.29) is 11.4 Å². The van der Waals surface area contributed by atoms with Gasteiger partial charge in [0.1, 0.15) is 23.1 Å². The van der Waals surface area contributed by atoms with E-state index in [1.807, 2.05) is 0 Å². The number of ether oxygens (including phenoxy) is 1. The van der Waals surface area contributed by atoms with Crippen LogP contribution in [-0.4, -0.2) is 32.3 Å². The maximum absolute atomic E-state index is 13.9. The van der Waals surface area contributed by atoms with Gasteiger partial charge in [-0.2, -0.15) is 4.31 Å². The number of rotatable bonds is 8. The molecule has 31 heavy (non-hydrogen) atoms. The van der Waals surface area contributed by atoms with Crippen LogP contribution in [-0.2, 0) is 21.4 Å². The van der Waals surface area contributed by atoms with Crippen molar-refractivity contribution in [1.29, 1.82) is 0 Å². The third kappa shape index (κ3) is 5.44. The number of hydrogen-bond acceptors (Lipinski definition) is 4. The van der Waals surface area contributed by atoms with Crippen molar-refractivity contribution in [3.63, 3.8) is 0 Å². The molecule has 3 aromatic rings. The van der Waals surface area contributed by atoms with E-state index in [4.69, 9.17) is 4.74 Å². The maximum Gasteiger partial charge on any atom is 0.243 e. The molecule has 0 aliphatic rings. The Hall–Kier alpha value is -3.30. The molecule has 6 nitrogen and oxygen atoms in total. The zero-order valence-corrected chi connectivity index (χ0v) is 17.4. The van der Waals surface area contributed by atoms with Crippen LogP contribution in [0.1, 0.15) is 5.56 Å². The van der Waals surface area contributed by atoms with Crippen molar-refractivity contribution in [2.75, 3.05) is 19.0 Å². The highest BCUT2D eigenvalue weighted by atomic mass is 32.2. The predicted octanol–water partition coefficient (Wildman–Crippen LogP) is 3.80. The molecule has 162 valence electrons.